The zero-order valence-corrected chi connectivity index (χ0v) is 22.8. The Labute approximate surface area is 215 Å². The number of aliphatic hydroxyl groups excluding tert-OH is 2. The van der Waals surface area contributed by atoms with Gasteiger partial charge in [0.1, 0.15) is 11.9 Å². The zero-order valence-electron chi connectivity index (χ0n) is 22.8. The molecule has 200 valence electrons. The molecule has 1 unspecified atom stereocenters. The first-order valence-electron chi connectivity index (χ1n) is 13.1. The average Bonchev–Trinajstić information content (AvgIpc) is 3.46. The molecule has 0 radical (unpaired) electrons. The van der Waals surface area contributed by atoms with Crippen LogP contribution in [0.1, 0.15) is 84.9 Å². The van der Waals surface area contributed by atoms with Crippen molar-refractivity contribution in [2.24, 2.45) is 17.3 Å². The van der Waals surface area contributed by atoms with E-state index < -0.39 is 35.6 Å². The molecule has 2 saturated heterocycles. The second kappa shape index (κ2) is 11.1. The molecule has 2 aliphatic heterocycles. The van der Waals surface area contributed by atoms with Crippen molar-refractivity contribution in [1.29, 1.82) is 0 Å². The van der Waals surface area contributed by atoms with Crippen LogP contribution < -0.4 is 0 Å². The normalized spacial score (nSPS) is 36.6. The van der Waals surface area contributed by atoms with E-state index in [9.17, 15) is 19.8 Å². The number of hydrogen-bond acceptors (Lipinski definition) is 7. The van der Waals surface area contributed by atoms with E-state index in [1.165, 1.54) is 0 Å². The fourth-order valence-corrected chi connectivity index (χ4v) is 5.19. The van der Waals surface area contributed by atoms with Crippen molar-refractivity contribution in [2.45, 2.75) is 111 Å². The molecule has 0 amide bonds. The molecule has 3 rings (SSSR count). The van der Waals surface area contributed by atoms with Crippen molar-refractivity contribution in [2.75, 3.05) is 0 Å². The standard InChI is InChI=1S/C29H43NO6/c1-17-10-11-21(30-16-17)13-19(3)22-14-24-29(7,36-24)12-8-9-18(2)26(33)20(4)27(34)28(5,6)23(31)15-25(32)35-22/h10-11,13,16,18,20,22-24,26,31,33H,8-9,12,14-15H2,1-7H3/b19-13+/t18-,20+,22-,23-,24?,26-,29+/m0/s1. The predicted molar refractivity (Wildman–Crippen MR) is 138 cm³/mol. The molecule has 3 heterocycles. The molecular formula is C29H43NO6. The fourth-order valence-electron chi connectivity index (χ4n) is 5.19. The van der Waals surface area contributed by atoms with Gasteiger partial charge in [0.25, 0.3) is 0 Å². The topological polar surface area (TPSA) is 109 Å². The minimum atomic E-state index is -1.23. The smallest absolute Gasteiger partial charge is 0.309 e. The van der Waals surface area contributed by atoms with E-state index >= 15 is 0 Å². The van der Waals surface area contributed by atoms with Crippen LogP contribution in [0.5, 0.6) is 0 Å². The van der Waals surface area contributed by atoms with Crippen LogP contribution in [-0.2, 0) is 19.1 Å². The number of cyclic esters (lactones) is 1. The van der Waals surface area contributed by atoms with Gasteiger partial charge in [-0.3, -0.25) is 14.6 Å². The quantitative estimate of drug-likeness (QED) is 0.456. The molecule has 7 atom stereocenters. The number of aromatic nitrogens is 1. The minimum absolute atomic E-state index is 0.0559. The van der Waals surface area contributed by atoms with Gasteiger partial charge in [0, 0.05) is 18.5 Å². The molecule has 0 spiro atoms. The molecule has 0 bridgehead atoms. The van der Waals surface area contributed by atoms with Gasteiger partial charge in [0.15, 0.2) is 0 Å². The number of epoxide rings is 1. The SMILES string of the molecule is C/C(=C\c1ccc(C)cn1)[C@@H]1CC2O[C@]2(C)CCC[C@H](C)[C@H](O)[C@@H](C)C(=O)C(C)(C)[C@@H](O)CC(=O)O1. The van der Waals surface area contributed by atoms with Gasteiger partial charge >= 0.3 is 5.97 Å². The van der Waals surface area contributed by atoms with Gasteiger partial charge < -0.3 is 19.7 Å². The maximum absolute atomic E-state index is 13.2. The van der Waals surface area contributed by atoms with Crippen LogP contribution >= 0.6 is 0 Å². The maximum atomic E-state index is 13.2. The Kier molecular flexibility index (Phi) is 8.79. The Hall–Kier alpha value is -2.09. The number of pyridine rings is 1. The van der Waals surface area contributed by atoms with E-state index in [0.29, 0.717) is 6.42 Å². The van der Waals surface area contributed by atoms with Crippen molar-refractivity contribution >= 4 is 17.8 Å². The first kappa shape index (κ1) is 28.5. The number of aliphatic hydroxyl groups is 2. The lowest BCUT2D eigenvalue weighted by Crippen LogP contribution is -2.45. The fraction of sp³-hybridized carbons (Fsp3) is 0.690. The molecule has 0 aromatic carbocycles. The number of hydrogen-bond donors (Lipinski definition) is 2. The van der Waals surface area contributed by atoms with Gasteiger partial charge in [0.2, 0.25) is 0 Å². The molecule has 2 aliphatic rings. The Morgan fingerprint density at radius 1 is 1.17 bits per heavy atom. The predicted octanol–water partition coefficient (Wildman–Crippen LogP) is 4.42. The number of aryl methyl sites for hydroxylation is 1. The summed E-state index contributed by atoms with van der Waals surface area (Å²) in [6.07, 6.45) is 3.69. The lowest BCUT2D eigenvalue weighted by Gasteiger charge is -2.34. The van der Waals surface area contributed by atoms with Gasteiger partial charge in [-0.05, 0) is 62.8 Å². The highest BCUT2D eigenvalue weighted by molar-refractivity contribution is 5.88. The van der Waals surface area contributed by atoms with E-state index in [4.69, 9.17) is 9.47 Å². The lowest BCUT2D eigenvalue weighted by atomic mass is 9.73. The number of ether oxygens (including phenoxy) is 2. The second-order valence-corrected chi connectivity index (χ2v) is 11.7. The first-order chi connectivity index (χ1) is 16.7. The molecule has 2 fully saturated rings. The second-order valence-electron chi connectivity index (χ2n) is 11.7. The number of rotatable bonds is 2. The highest BCUT2D eigenvalue weighted by Gasteiger charge is 2.53. The van der Waals surface area contributed by atoms with Crippen molar-refractivity contribution in [3.63, 3.8) is 0 Å². The molecule has 1 aromatic heterocycles. The van der Waals surface area contributed by atoms with Gasteiger partial charge in [-0.2, -0.15) is 0 Å². The summed E-state index contributed by atoms with van der Waals surface area (Å²) in [4.78, 5) is 30.6. The van der Waals surface area contributed by atoms with E-state index in [-0.39, 0.29) is 29.8 Å². The Balaban J connectivity index is 1.86. The maximum Gasteiger partial charge on any atom is 0.309 e. The average molecular weight is 502 g/mol. The molecule has 1 aromatic rings. The third kappa shape index (κ3) is 6.61. The number of nitrogens with zero attached hydrogens (tertiary/aromatic N) is 1. The van der Waals surface area contributed by atoms with Crippen molar-refractivity contribution < 1.29 is 29.3 Å². The molecule has 36 heavy (non-hydrogen) atoms. The van der Waals surface area contributed by atoms with Gasteiger partial charge in [-0.1, -0.05) is 40.2 Å². The number of fused-ring (bicyclic) bond motifs is 1. The van der Waals surface area contributed by atoms with E-state index in [0.717, 1.165) is 36.1 Å². The zero-order chi connectivity index (χ0) is 26.8. The summed E-state index contributed by atoms with van der Waals surface area (Å²) in [6, 6.07) is 3.90. The summed E-state index contributed by atoms with van der Waals surface area (Å²) in [5, 5.41) is 21.7. The third-order valence-corrected chi connectivity index (χ3v) is 8.22. The molecule has 2 N–H and O–H groups in total. The lowest BCUT2D eigenvalue weighted by molar-refractivity contribution is -0.154. The molecule has 0 aliphatic carbocycles. The number of ketones is 1. The minimum Gasteiger partial charge on any atom is -0.458 e. The Bertz CT molecular complexity index is 970. The largest absolute Gasteiger partial charge is 0.458 e. The van der Waals surface area contributed by atoms with Crippen molar-refractivity contribution in [3.05, 3.63) is 35.2 Å². The summed E-state index contributed by atoms with van der Waals surface area (Å²) >= 11 is 0. The molecule has 7 nitrogen and oxygen atoms in total. The van der Waals surface area contributed by atoms with Crippen LogP contribution in [-0.4, -0.2) is 57.0 Å². The number of esters is 1. The number of Topliss-reactive ketones (excluding diaryl/α,β-unsaturated/α-hetero) is 1. The summed E-state index contributed by atoms with van der Waals surface area (Å²) in [6.45, 7) is 12.9. The summed E-state index contributed by atoms with van der Waals surface area (Å²) in [7, 11) is 0. The summed E-state index contributed by atoms with van der Waals surface area (Å²) in [5.74, 6) is -1.57. The molecular weight excluding hydrogens is 458 g/mol. The Morgan fingerprint density at radius 3 is 2.50 bits per heavy atom. The van der Waals surface area contributed by atoms with E-state index in [1.54, 1.807) is 27.0 Å². The molecule has 7 heteroatoms. The van der Waals surface area contributed by atoms with Gasteiger partial charge in [0.05, 0.1) is 41.4 Å². The van der Waals surface area contributed by atoms with Crippen LogP contribution in [0.3, 0.4) is 0 Å². The van der Waals surface area contributed by atoms with E-state index in [1.807, 2.05) is 39.0 Å². The highest BCUT2D eigenvalue weighted by atomic mass is 16.6. The van der Waals surface area contributed by atoms with Gasteiger partial charge in [-0.15, -0.1) is 0 Å². The van der Waals surface area contributed by atoms with E-state index in [2.05, 4.69) is 11.9 Å². The van der Waals surface area contributed by atoms with Crippen LogP contribution in [0.15, 0.2) is 23.9 Å². The van der Waals surface area contributed by atoms with Crippen LogP contribution in [0, 0.1) is 24.2 Å². The number of carbonyl (C=O) groups excluding carboxylic acids is 2. The Morgan fingerprint density at radius 2 is 1.86 bits per heavy atom. The molecule has 0 saturated carbocycles. The number of carbonyl (C=O) groups is 2. The van der Waals surface area contributed by atoms with Crippen molar-refractivity contribution in [3.8, 4) is 0 Å². The van der Waals surface area contributed by atoms with Crippen LogP contribution in [0.4, 0.5) is 0 Å². The summed E-state index contributed by atoms with van der Waals surface area (Å²) < 4.78 is 11.9. The first-order valence-corrected chi connectivity index (χ1v) is 13.1. The van der Waals surface area contributed by atoms with Crippen LogP contribution in [0.2, 0.25) is 0 Å². The monoisotopic (exact) mass is 501 g/mol. The van der Waals surface area contributed by atoms with Gasteiger partial charge in [-0.25, -0.2) is 0 Å². The van der Waals surface area contributed by atoms with Crippen LogP contribution in [0.25, 0.3) is 6.08 Å². The summed E-state index contributed by atoms with van der Waals surface area (Å²) in [5.41, 5.74) is 1.16. The van der Waals surface area contributed by atoms with Crippen molar-refractivity contribution in [1.82, 2.24) is 4.98 Å². The third-order valence-electron chi connectivity index (χ3n) is 8.22. The highest BCUT2D eigenvalue weighted by Crippen LogP contribution is 2.45.